The van der Waals surface area contributed by atoms with Crippen LogP contribution in [0.4, 0.5) is 0 Å². The van der Waals surface area contributed by atoms with Crippen LogP contribution in [0.5, 0.6) is 0 Å². The molecule has 0 spiro atoms. The summed E-state index contributed by atoms with van der Waals surface area (Å²) in [5, 5.41) is 8.79. The number of furan rings is 1. The number of likely N-dealkylation sites (tertiary alicyclic amines) is 1. The van der Waals surface area contributed by atoms with Gasteiger partial charge in [0.1, 0.15) is 5.76 Å². The molecule has 1 aliphatic heterocycles. The fraction of sp³-hybridized carbons (Fsp3) is 0.429. The molecule has 1 aliphatic rings. The Balaban J connectivity index is 1.90. The summed E-state index contributed by atoms with van der Waals surface area (Å²) < 4.78 is 5.11. The number of hydrogen-bond donors (Lipinski definition) is 1. The van der Waals surface area contributed by atoms with Crippen molar-refractivity contribution in [3.05, 3.63) is 30.2 Å². The first-order valence-corrected chi connectivity index (χ1v) is 6.37. The maximum Gasteiger partial charge on any atom is 0.303 e. The number of nitrogens with zero attached hydrogens (tertiary/aromatic N) is 1. The molecule has 2 heterocycles. The summed E-state index contributed by atoms with van der Waals surface area (Å²) in [5.41, 5.74) is 0. The van der Waals surface area contributed by atoms with Crippen molar-refractivity contribution < 1.29 is 19.1 Å². The average Bonchev–Trinajstić information content (AvgIpc) is 2.88. The number of piperidine rings is 1. The molecule has 102 valence electrons. The summed E-state index contributed by atoms with van der Waals surface area (Å²) in [6.07, 6.45) is 6.51. The van der Waals surface area contributed by atoms with E-state index in [9.17, 15) is 9.59 Å². The molecule has 1 N–H and O–H groups in total. The van der Waals surface area contributed by atoms with Gasteiger partial charge in [0.15, 0.2) is 0 Å². The van der Waals surface area contributed by atoms with Crippen molar-refractivity contribution in [1.29, 1.82) is 0 Å². The van der Waals surface area contributed by atoms with Crippen LogP contribution in [0.25, 0.3) is 6.08 Å². The summed E-state index contributed by atoms with van der Waals surface area (Å²) in [6, 6.07) is 3.53. The molecule has 0 saturated carbocycles. The highest BCUT2D eigenvalue weighted by Crippen LogP contribution is 2.20. The van der Waals surface area contributed by atoms with Gasteiger partial charge in [-0.15, -0.1) is 0 Å². The molecule has 2 rings (SSSR count). The summed E-state index contributed by atoms with van der Waals surface area (Å²) in [6.45, 7) is 1.21. The second-order valence-electron chi connectivity index (χ2n) is 4.74. The Kier molecular flexibility index (Phi) is 4.39. The Morgan fingerprint density at radius 3 is 3.05 bits per heavy atom. The number of hydrogen-bond acceptors (Lipinski definition) is 3. The highest BCUT2D eigenvalue weighted by atomic mass is 16.4. The topological polar surface area (TPSA) is 70.8 Å². The van der Waals surface area contributed by atoms with Crippen LogP contribution in [0.3, 0.4) is 0 Å². The number of amides is 1. The molecule has 5 nitrogen and oxygen atoms in total. The van der Waals surface area contributed by atoms with Gasteiger partial charge in [0.2, 0.25) is 5.91 Å². The van der Waals surface area contributed by atoms with Gasteiger partial charge in [-0.3, -0.25) is 9.59 Å². The van der Waals surface area contributed by atoms with Gasteiger partial charge in [0, 0.05) is 25.6 Å². The van der Waals surface area contributed by atoms with E-state index in [4.69, 9.17) is 9.52 Å². The molecular weight excluding hydrogens is 246 g/mol. The third-order valence-electron chi connectivity index (χ3n) is 3.23. The van der Waals surface area contributed by atoms with E-state index in [0.717, 1.165) is 12.8 Å². The predicted octanol–water partition coefficient (Wildman–Crippen LogP) is 2.01. The van der Waals surface area contributed by atoms with Crippen molar-refractivity contribution >= 4 is 18.0 Å². The van der Waals surface area contributed by atoms with E-state index < -0.39 is 5.97 Å². The monoisotopic (exact) mass is 263 g/mol. The highest BCUT2D eigenvalue weighted by Gasteiger charge is 2.24. The van der Waals surface area contributed by atoms with Crippen molar-refractivity contribution in [3.63, 3.8) is 0 Å². The number of rotatable bonds is 4. The summed E-state index contributed by atoms with van der Waals surface area (Å²) in [5.74, 6) is -0.198. The molecule has 0 bridgehead atoms. The van der Waals surface area contributed by atoms with E-state index in [2.05, 4.69) is 0 Å². The number of carboxylic acids is 1. The van der Waals surface area contributed by atoms with Crippen LogP contribution in [0.2, 0.25) is 0 Å². The van der Waals surface area contributed by atoms with Crippen molar-refractivity contribution in [2.75, 3.05) is 13.1 Å². The lowest BCUT2D eigenvalue weighted by molar-refractivity contribution is -0.139. The fourth-order valence-electron chi connectivity index (χ4n) is 2.32. The minimum absolute atomic E-state index is 0.0622. The molecule has 1 atom stereocenters. The zero-order valence-corrected chi connectivity index (χ0v) is 10.6. The van der Waals surface area contributed by atoms with Crippen LogP contribution in [-0.4, -0.2) is 35.0 Å². The second-order valence-corrected chi connectivity index (χ2v) is 4.74. The molecule has 0 aliphatic carbocycles. The molecule has 0 radical (unpaired) electrons. The molecule has 1 aromatic rings. The van der Waals surface area contributed by atoms with Crippen LogP contribution in [0.15, 0.2) is 28.9 Å². The zero-order valence-electron chi connectivity index (χ0n) is 10.6. The highest BCUT2D eigenvalue weighted by molar-refractivity contribution is 5.91. The SMILES string of the molecule is O=C(O)CC1CCCN(C(=O)/C=C/c2ccco2)C1. The molecular formula is C14H17NO4. The quantitative estimate of drug-likeness (QED) is 0.843. The predicted molar refractivity (Wildman–Crippen MR) is 69.3 cm³/mol. The van der Waals surface area contributed by atoms with E-state index in [1.54, 1.807) is 29.4 Å². The van der Waals surface area contributed by atoms with E-state index >= 15 is 0 Å². The number of carboxylic acid groups (broad SMARTS) is 1. The zero-order chi connectivity index (χ0) is 13.7. The minimum atomic E-state index is -0.801. The standard InChI is InChI=1S/C14H17NO4/c16-13(6-5-12-4-2-8-19-12)15-7-1-3-11(10-15)9-14(17)18/h2,4-6,8,11H,1,3,7,9-10H2,(H,17,18)/b6-5+. The Labute approximate surface area is 111 Å². The molecule has 1 saturated heterocycles. The summed E-state index contributed by atoms with van der Waals surface area (Å²) >= 11 is 0. The van der Waals surface area contributed by atoms with Gasteiger partial charge < -0.3 is 14.4 Å². The lowest BCUT2D eigenvalue weighted by Crippen LogP contribution is -2.39. The van der Waals surface area contributed by atoms with Crippen LogP contribution in [-0.2, 0) is 9.59 Å². The molecule has 1 amide bonds. The number of carbonyl (C=O) groups excluding carboxylic acids is 1. The third-order valence-corrected chi connectivity index (χ3v) is 3.23. The average molecular weight is 263 g/mol. The minimum Gasteiger partial charge on any atom is -0.481 e. The van der Waals surface area contributed by atoms with Crippen molar-refractivity contribution in [1.82, 2.24) is 4.90 Å². The third kappa shape index (κ3) is 3.98. The Morgan fingerprint density at radius 2 is 2.37 bits per heavy atom. The fourth-order valence-corrected chi connectivity index (χ4v) is 2.32. The van der Waals surface area contributed by atoms with Gasteiger partial charge in [-0.05, 0) is 37.0 Å². The lowest BCUT2D eigenvalue weighted by Gasteiger charge is -2.31. The van der Waals surface area contributed by atoms with E-state index in [1.165, 1.54) is 6.08 Å². The van der Waals surface area contributed by atoms with Crippen LogP contribution in [0.1, 0.15) is 25.0 Å². The first-order chi connectivity index (χ1) is 9.15. The van der Waals surface area contributed by atoms with E-state index in [-0.39, 0.29) is 18.2 Å². The van der Waals surface area contributed by atoms with Crippen molar-refractivity contribution in [2.24, 2.45) is 5.92 Å². The smallest absolute Gasteiger partial charge is 0.303 e. The molecule has 0 aromatic carbocycles. The Bertz CT molecular complexity index is 464. The van der Waals surface area contributed by atoms with Gasteiger partial charge in [0.05, 0.1) is 6.26 Å². The van der Waals surface area contributed by atoms with E-state index in [0.29, 0.717) is 18.8 Å². The molecule has 19 heavy (non-hydrogen) atoms. The summed E-state index contributed by atoms with van der Waals surface area (Å²) in [7, 11) is 0. The molecule has 1 unspecified atom stereocenters. The second kappa shape index (κ2) is 6.22. The normalized spacial score (nSPS) is 19.8. The maximum atomic E-state index is 12.0. The van der Waals surface area contributed by atoms with Crippen molar-refractivity contribution in [2.45, 2.75) is 19.3 Å². The van der Waals surface area contributed by atoms with Crippen LogP contribution < -0.4 is 0 Å². The molecule has 1 fully saturated rings. The largest absolute Gasteiger partial charge is 0.481 e. The van der Waals surface area contributed by atoms with Gasteiger partial charge in [-0.1, -0.05) is 0 Å². The maximum absolute atomic E-state index is 12.0. The van der Waals surface area contributed by atoms with Crippen molar-refractivity contribution in [3.8, 4) is 0 Å². The van der Waals surface area contributed by atoms with E-state index in [1.807, 2.05) is 0 Å². The molecule has 1 aromatic heterocycles. The first-order valence-electron chi connectivity index (χ1n) is 6.37. The lowest BCUT2D eigenvalue weighted by atomic mass is 9.95. The summed E-state index contributed by atoms with van der Waals surface area (Å²) in [4.78, 5) is 24.4. The first kappa shape index (κ1) is 13.4. The number of aliphatic carboxylic acids is 1. The number of carbonyl (C=O) groups is 2. The van der Waals surface area contributed by atoms with Crippen LogP contribution in [0, 0.1) is 5.92 Å². The Hall–Kier alpha value is -2.04. The van der Waals surface area contributed by atoms with Gasteiger partial charge in [-0.2, -0.15) is 0 Å². The Morgan fingerprint density at radius 1 is 1.53 bits per heavy atom. The molecule has 5 heteroatoms. The van der Waals surface area contributed by atoms with Gasteiger partial charge in [0.25, 0.3) is 0 Å². The van der Waals surface area contributed by atoms with Gasteiger partial charge in [-0.25, -0.2) is 0 Å². The van der Waals surface area contributed by atoms with Crippen LogP contribution >= 0.6 is 0 Å². The van der Waals surface area contributed by atoms with Gasteiger partial charge >= 0.3 is 5.97 Å².